The minimum atomic E-state index is -3.73. The van der Waals surface area contributed by atoms with Crippen molar-refractivity contribution >= 4 is 36.7 Å². The molecule has 0 bridgehead atoms. The van der Waals surface area contributed by atoms with Crippen molar-refractivity contribution in [1.82, 2.24) is 13.9 Å². The number of hydrogen-bond donors (Lipinski definition) is 1. The van der Waals surface area contributed by atoms with Gasteiger partial charge in [0.25, 0.3) is 0 Å². The molecule has 0 radical (unpaired) electrons. The number of piperidine rings is 1. The van der Waals surface area contributed by atoms with Gasteiger partial charge in [0.05, 0.1) is 28.9 Å². The molecule has 0 aliphatic carbocycles. The van der Waals surface area contributed by atoms with Crippen LogP contribution in [0.3, 0.4) is 0 Å². The van der Waals surface area contributed by atoms with E-state index < -0.39 is 26.0 Å². The van der Waals surface area contributed by atoms with Gasteiger partial charge in [-0.2, -0.15) is 8.61 Å². The molecular weight excluding hydrogens is 526 g/mol. The molecule has 0 aromatic heterocycles. The van der Waals surface area contributed by atoms with Gasteiger partial charge in [-0.1, -0.05) is 42.5 Å². The molecule has 3 aromatic carbocycles. The van der Waals surface area contributed by atoms with Gasteiger partial charge in [0.15, 0.2) is 0 Å². The van der Waals surface area contributed by atoms with Gasteiger partial charge in [0.1, 0.15) is 0 Å². The second-order valence-electron chi connectivity index (χ2n) is 9.59. The predicted octanol–water partition coefficient (Wildman–Crippen LogP) is 2.58. The smallest absolute Gasteiger partial charge is 0.243 e. The van der Waals surface area contributed by atoms with Crippen LogP contribution in [0.1, 0.15) is 18.4 Å². The molecule has 2 saturated heterocycles. The van der Waals surface area contributed by atoms with Crippen LogP contribution in [0.15, 0.2) is 76.5 Å². The molecule has 202 valence electrons. The fourth-order valence-electron chi connectivity index (χ4n) is 4.90. The van der Waals surface area contributed by atoms with E-state index in [9.17, 15) is 21.6 Å². The molecule has 3 aromatic rings. The zero-order chi connectivity index (χ0) is 26.8. The number of benzene rings is 3. The number of morpholine rings is 1. The molecule has 2 aliphatic heterocycles. The van der Waals surface area contributed by atoms with E-state index in [1.807, 2.05) is 24.3 Å². The molecule has 0 unspecified atom stereocenters. The van der Waals surface area contributed by atoms with E-state index in [1.165, 1.54) is 8.61 Å². The minimum absolute atomic E-state index is 0.123. The molecule has 2 heterocycles. The Labute approximate surface area is 223 Å². The molecule has 11 heteroatoms. The maximum atomic E-state index is 13.3. The lowest BCUT2D eigenvalue weighted by molar-refractivity contribution is -0.126. The molecule has 9 nitrogen and oxygen atoms in total. The first kappa shape index (κ1) is 26.8. The first-order valence-corrected chi connectivity index (χ1v) is 15.6. The van der Waals surface area contributed by atoms with Gasteiger partial charge >= 0.3 is 0 Å². The van der Waals surface area contributed by atoms with Gasteiger partial charge in [0, 0.05) is 32.7 Å². The summed E-state index contributed by atoms with van der Waals surface area (Å²) in [5, 5.41) is 4.71. The first-order valence-electron chi connectivity index (χ1n) is 12.7. The van der Waals surface area contributed by atoms with Crippen molar-refractivity contribution in [2.45, 2.75) is 29.2 Å². The standard InChI is InChI=1S/C27H31N3O6S2/c31-27(28-19-21-7-10-25(11-8-21)37(32,33)29-14-16-36-17-15-29)24-6-3-13-30(20-24)38(34,35)26-12-9-22-4-1-2-5-23(22)18-26/h1-2,4-5,7-12,18,24H,3,6,13-17,19-20H2,(H,28,31)/t24-/m0/s1. The Balaban J connectivity index is 1.20. The number of nitrogens with one attached hydrogen (secondary N) is 1. The van der Waals surface area contributed by atoms with Crippen LogP contribution in [0, 0.1) is 5.92 Å². The van der Waals surface area contributed by atoms with Crippen molar-refractivity contribution in [3.8, 4) is 0 Å². The third kappa shape index (κ3) is 5.62. The van der Waals surface area contributed by atoms with Crippen LogP contribution >= 0.6 is 0 Å². The summed E-state index contributed by atoms with van der Waals surface area (Å²) in [4.78, 5) is 13.4. The molecule has 0 spiro atoms. The van der Waals surface area contributed by atoms with Gasteiger partial charge in [-0.25, -0.2) is 16.8 Å². The zero-order valence-corrected chi connectivity index (χ0v) is 22.6. The fourth-order valence-corrected chi connectivity index (χ4v) is 7.87. The second kappa shape index (κ2) is 11.1. The number of carbonyl (C=O) groups is 1. The van der Waals surface area contributed by atoms with Crippen molar-refractivity contribution in [3.05, 3.63) is 72.3 Å². The molecule has 2 fully saturated rings. The lowest BCUT2D eigenvalue weighted by atomic mass is 9.99. The highest BCUT2D eigenvalue weighted by molar-refractivity contribution is 7.89. The summed E-state index contributed by atoms with van der Waals surface area (Å²) >= 11 is 0. The first-order chi connectivity index (χ1) is 18.2. The average molecular weight is 558 g/mol. The van der Waals surface area contributed by atoms with Crippen LogP contribution < -0.4 is 5.32 Å². The average Bonchev–Trinajstić information content (AvgIpc) is 2.96. The Morgan fingerprint density at radius 1 is 0.816 bits per heavy atom. The quantitative estimate of drug-likeness (QED) is 0.478. The summed E-state index contributed by atoms with van der Waals surface area (Å²) in [5.41, 5.74) is 0.760. The van der Waals surface area contributed by atoms with Gasteiger partial charge in [0.2, 0.25) is 26.0 Å². The minimum Gasteiger partial charge on any atom is -0.379 e. The van der Waals surface area contributed by atoms with Crippen LogP contribution in [-0.4, -0.2) is 70.7 Å². The van der Waals surface area contributed by atoms with E-state index in [1.54, 1.807) is 42.5 Å². The maximum absolute atomic E-state index is 13.3. The maximum Gasteiger partial charge on any atom is 0.243 e. The number of fused-ring (bicyclic) bond motifs is 1. The number of sulfonamides is 2. The summed E-state index contributed by atoms with van der Waals surface area (Å²) in [5.74, 6) is -0.673. The number of amides is 1. The van der Waals surface area contributed by atoms with Gasteiger partial charge in [-0.3, -0.25) is 4.79 Å². The molecule has 2 aliphatic rings. The number of rotatable bonds is 7. The zero-order valence-electron chi connectivity index (χ0n) is 21.0. The van der Waals surface area contributed by atoms with E-state index in [-0.39, 0.29) is 28.8 Å². The third-order valence-corrected chi connectivity index (χ3v) is 10.9. The highest BCUT2D eigenvalue weighted by Crippen LogP contribution is 2.26. The molecule has 1 N–H and O–H groups in total. The molecular formula is C27H31N3O6S2. The lowest BCUT2D eigenvalue weighted by Crippen LogP contribution is -2.45. The van der Waals surface area contributed by atoms with Gasteiger partial charge < -0.3 is 10.1 Å². The van der Waals surface area contributed by atoms with Gasteiger partial charge in [-0.15, -0.1) is 0 Å². The largest absolute Gasteiger partial charge is 0.379 e. The molecule has 1 amide bonds. The Kier molecular flexibility index (Phi) is 7.83. The Bertz CT molecular complexity index is 1520. The van der Waals surface area contributed by atoms with Crippen LogP contribution in [0.5, 0.6) is 0 Å². The third-order valence-electron chi connectivity index (χ3n) is 7.11. The summed E-state index contributed by atoms with van der Waals surface area (Å²) in [7, 11) is -7.31. The van der Waals surface area contributed by atoms with E-state index in [2.05, 4.69) is 5.32 Å². The Morgan fingerprint density at radius 2 is 1.47 bits per heavy atom. The van der Waals surface area contributed by atoms with Crippen LogP contribution in [0.2, 0.25) is 0 Å². The monoisotopic (exact) mass is 557 g/mol. The van der Waals surface area contributed by atoms with E-state index in [4.69, 9.17) is 4.74 Å². The van der Waals surface area contributed by atoms with Crippen molar-refractivity contribution in [2.24, 2.45) is 5.92 Å². The topological polar surface area (TPSA) is 113 Å². The number of hydrogen-bond acceptors (Lipinski definition) is 6. The summed E-state index contributed by atoms with van der Waals surface area (Å²) in [6.45, 7) is 2.14. The molecule has 0 saturated carbocycles. The van der Waals surface area contributed by atoms with Crippen LogP contribution in [0.4, 0.5) is 0 Å². The number of carbonyl (C=O) groups excluding carboxylic acids is 1. The van der Waals surface area contributed by atoms with Crippen LogP contribution in [0.25, 0.3) is 10.8 Å². The van der Waals surface area contributed by atoms with Crippen molar-refractivity contribution in [3.63, 3.8) is 0 Å². The highest BCUT2D eigenvalue weighted by atomic mass is 32.2. The second-order valence-corrected chi connectivity index (χ2v) is 13.5. The summed E-state index contributed by atoms with van der Waals surface area (Å²) in [6.07, 6.45) is 1.20. The van der Waals surface area contributed by atoms with Crippen molar-refractivity contribution < 1.29 is 26.4 Å². The Morgan fingerprint density at radius 3 is 2.21 bits per heavy atom. The van der Waals surface area contributed by atoms with Crippen molar-refractivity contribution in [1.29, 1.82) is 0 Å². The lowest BCUT2D eigenvalue weighted by Gasteiger charge is -2.31. The van der Waals surface area contributed by atoms with E-state index >= 15 is 0 Å². The summed E-state index contributed by atoms with van der Waals surface area (Å²) in [6, 6.07) is 19.2. The fraction of sp³-hybridized carbons (Fsp3) is 0.370. The van der Waals surface area contributed by atoms with Gasteiger partial charge in [-0.05, 0) is 53.4 Å². The normalized spacial score (nSPS) is 19.8. The number of ether oxygens (including phenoxy) is 1. The SMILES string of the molecule is O=C(NCc1ccc(S(=O)(=O)N2CCOCC2)cc1)[C@H]1CCCN(S(=O)(=O)c2ccc3ccccc3c2)C1. The highest BCUT2D eigenvalue weighted by Gasteiger charge is 2.33. The summed E-state index contributed by atoms with van der Waals surface area (Å²) < 4.78 is 60.3. The van der Waals surface area contributed by atoms with E-state index in [0.717, 1.165) is 16.3 Å². The predicted molar refractivity (Wildman–Crippen MR) is 143 cm³/mol. The molecule has 1 atom stereocenters. The van der Waals surface area contributed by atoms with E-state index in [0.29, 0.717) is 45.7 Å². The number of nitrogens with zero attached hydrogens (tertiary/aromatic N) is 2. The molecule has 38 heavy (non-hydrogen) atoms. The van der Waals surface area contributed by atoms with Crippen molar-refractivity contribution in [2.75, 3.05) is 39.4 Å². The molecule has 5 rings (SSSR count). The Hall–Kier alpha value is -2.83. The van der Waals surface area contributed by atoms with Crippen LogP contribution in [-0.2, 0) is 36.1 Å².